The van der Waals surface area contributed by atoms with Gasteiger partial charge >= 0.3 is 5.97 Å². The normalized spacial score (nSPS) is 12.2. The Kier molecular flexibility index (Phi) is 5.65. The molecule has 0 saturated carbocycles. The number of nitro benzene ring substituents is 1. The second-order valence-corrected chi connectivity index (χ2v) is 7.65. The third kappa shape index (κ3) is 3.72. The van der Waals surface area contributed by atoms with Crippen molar-refractivity contribution in [2.24, 2.45) is 0 Å². The molecule has 0 aliphatic rings. The van der Waals surface area contributed by atoms with Crippen molar-refractivity contribution in [1.29, 1.82) is 0 Å². The van der Waals surface area contributed by atoms with Gasteiger partial charge in [0, 0.05) is 23.2 Å². The molecule has 1 unspecified atom stereocenters. The largest absolute Gasteiger partial charge is 0.507 e. The highest BCUT2D eigenvalue weighted by molar-refractivity contribution is 6.18. The number of carbonyl (C=O) groups excluding carboxylic acids is 1. The first-order chi connectivity index (χ1) is 15.7. The fourth-order valence-corrected chi connectivity index (χ4v) is 4.18. The van der Waals surface area contributed by atoms with Crippen LogP contribution in [0.2, 0.25) is 0 Å². The summed E-state index contributed by atoms with van der Waals surface area (Å²) in [7, 11) is 0. The Labute approximate surface area is 188 Å². The number of aliphatic hydroxyl groups excluding tert-OH is 1. The van der Waals surface area contributed by atoms with E-state index in [1.807, 2.05) is 0 Å². The van der Waals surface area contributed by atoms with Crippen molar-refractivity contribution in [3.63, 3.8) is 0 Å². The van der Waals surface area contributed by atoms with E-state index < -0.39 is 17.0 Å². The molecule has 0 amide bonds. The van der Waals surface area contributed by atoms with E-state index in [-0.39, 0.29) is 41.3 Å². The van der Waals surface area contributed by atoms with Crippen molar-refractivity contribution in [3.05, 3.63) is 75.5 Å². The van der Waals surface area contributed by atoms with Crippen LogP contribution in [0.25, 0.3) is 21.7 Å². The summed E-state index contributed by atoms with van der Waals surface area (Å²) < 4.78 is 6.85. The third-order valence-corrected chi connectivity index (χ3v) is 5.71. The zero-order valence-electron chi connectivity index (χ0n) is 18.0. The van der Waals surface area contributed by atoms with Gasteiger partial charge in [-0.2, -0.15) is 0 Å². The predicted octanol–water partition coefficient (Wildman–Crippen LogP) is 4.33. The summed E-state index contributed by atoms with van der Waals surface area (Å²) >= 11 is 0. The minimum absolute atomic E-state index is 0.0353. The van der Waals surface area contributed by atoms with Crippen LogP contribution in [0.3, 0.4) is 0 Å². The number of benzene rings is 3. The lowest BCUT2D eigenvalue weighted by molar-refractivity contribution is -0.384. The standard InChI is InChI=1S/C24H22N2O7/c1-3-33-24(30)20-13(2)25(12-19(29)14-7-9-16(10-8-14)26(31)32)23-21-15(5-4-6-17(21)27)11-18(28)22(20)23/h4-11,19,27-29H,3,12H2,1-2H3. The molecule has 0 radical (unpaired) electrons. The Morgan fingerprint density at radius 3 is 2.45 bits per heavy atom. The number of ether oxygens (including phenoxy) is 1. The summed E-state index contributed by atoms with van der Waals surface area (Å²) in [6, 6.07) is 11.9. The molecule has 0 fully saturated rings. The lowest BCUT2D eigenvalue weighted by Crippen LogP contribution is -2.12. The highest BCUT2D eigenvalue weighted by Crippen LogP contribution is 2.42. The second-order valence-electron chi connectivity index (χ2n) is 7.65. The number of phenolic OH excluding ortho intramolecular Hbond substituents is 2. The Morgan fingerprint density at radius 1 is 1.12 bits per heavy atom. The van der Waals surface area contributed by atoms with E-state index in [9.17, 15) is 30.2 Å². The number of aromatic hydroxyl groups is 2. The molecule has 0 bridgehead atoms. The number of carbonyl (C=O) groups is 1. The van der Waals surface area contributed by atoms with E-state index >= 15 is 0 Å². The Hall–Kier alpha value is -4.11. The monoisotopic (exact) mass is 450 g/mol. The first-order valence-electron chi connectivity index (χ1n) is 10.3. The number of aliphatic hydroxyl groups is 1. The first kappa shape index (κ1) is 22.1. The zero-order chi connectivity index (χ0) is 23.9. The van der Waals surface area contributed by atoms with Crippen molar-refractivity contribution in [1.82, 2.24) is 4.57 Å². The maximum Gasteiger partial charge on any atom is 0.340 e. The van der Waals surface area contributed by atoms with Gasteiger partial charge in [0.15, 0.2) is 0 Å². The lowest BCUT2D eigenvalue weighted by Gasteiger charge is -2.16. The molecule has 170 valence electrons. The van der Waals surface area contributed by atoms with Crippen LogP contribution < -0.4 is 0 Å². The minimum atomic E-state index is -1.08. The van der Waals surface area contributed by atoms with Crippen LogP contribution in [0.5, 0.6) is 11.5 Å². The van der Waals surface area contributed by atoms with Gasteiger partial charge in [-0.1, -0.05) is 12.1 Å². The highest BCUT2D eigenvalue weighted by atomic mass is 16.6. The first-order valence-corrected chi connectivity index (χ1v) is 10.3. The molecule has 9 heteroatoms. The highest BCUT2D eigenvalue weighted by Gasteiger charge is 2.27. The van der Waals surface area contributed by atoms with E-state index in [4.69, 9.17) is 4.74 Å². The average molecular weight is 450 g/mol. The maximum absolute atomic E-state index is 12.8. The topological polar surface area (TPSA) is 135 Å². The Morgan fingerprint density at radius 2 is 1.82 bits per heavy atom. The summed E-state index contributed by atoms with van der Waals surface area (Å²) in [5.74, 6) is -0.831. The summed E-state index contributed by atoms with van der Waals surface area (Å²) in [6.45, 7) is 3.44. The van der Waals surface area contributed by atoms with Crippen LogP contribution in [0.15, 0.2) is 48.5 Å². The number of aromatic nitrogens is 1. The average Bonchev–Trinajstić information content (AvgIpc) is 3.06. The number of hydrogen-bond donors (Lipinski definition) is 3. The van der Waals surface area contributed by atoms with Gasteiger partial charge in [0.2, 0.25) is 0 Å². The van der Waals surface area contributed by atoms with Gasteiger partial charge in [-0.25, -0.2) is 4.79 Å². The van der Waals surface area contributed by atoms with E-state index in [0.29, 0.717) is 27.5 Å². The maximum atomic E-state index is 12.8. The molecule has 4 rings (SSSR count). The molecule has 1 heterocycles. The number of phenols is 2. The molecule has 1 atom stereocenters. The van der Waals surface area contributed by atoms with Crippen molar-refractivity contribution < 1.29 is 29.8 Å². The summed E-state index contributed by atoms with van der Waals surface area (Å²) in [5, 5.41) is 44.5. The van der Waals surface area contributed by atoms with E-state index in [2.05, 4.69) is 0 Å². The molecule has 0 spiro atoms. The molecule has 33 heavy (non-hydrogen) atoms. The fourth-order valence-electron chi connectivity index (χ4n) is 4.18. The molecule has 0 aliphatic carbocycles. The van der Waals surface area contributed by atoms with Crippen molar-refractivity contribution >= 4 is 33.3 Å². The molecule has 1 aromatic heterocycles. The van der Waals surface area contributed by atoms with E-state index in [1.54, 1.807) is 30.5 Å². The van der Waals surface area contributed by atoms with Gasteiger partial charge in [-0.05, 0) is 49.1 Å². The molecule has 0 aliphatic heterocycles. The van der Waals surface area contributed by atoms with Gasteiger partial charge in [0.05, 0.1) is 40.6 Å². The quantitative estimate of drug-likeness (QED) is 0.226. The number of nitro groups is 1. The fraction of sp³-hybridized carbons (Fsp3) is 0.208. The molecular weight excluding hydrogens is 428 g/mol. The molecule has 3 N–H and O–H groups in total. The number of esters is 1. The molecular formula is C24H22N2O7. The summed E-state index contributed by atoms with van der Waals surface area (Å²) in [6.07, 6.45) is -1.08. The van der Waals surface area contributed by atoms with Crippen LogP contribution in [0.1, 0.15) is 34.6 Å². The van der Waals surface area contributed by atoms with Gasteiger partial charge in [0.25, 0.3) is 5.69 Å². The van der Waals surface area contributed by atoms with Crippen molar-refractivity contribution in [3.8, 4) is 11.5 Å². The molecule has 9 nitrogen and oxygen atoms in total. The number of hydrogen-bond acceptors (Lipinski definition) is 7. The molecule has 0 saturated heterocycles. The smallest absolute Gasteiger partial charge is 0.340 e. The van der Waals surface area contributed by atoms with Gasteiger partial charge in [-0.15, -0.1) is 0 Å². The number of rotatable bonds is 6. The number of non-ortho nitro benzene ring substituents is 1. The van der Waals surface area contributed by atoms with E-state index in [0.717, 1.165) is 0 Å². The van der Waals surface area contributed by atoms with Gasteiger partial charge < -0.3 is 24.6 Å². The Balaban J connectivity index is 1.95. The van der Waals surface area contributed by atoms with Crippen LogP contribution >= 0.6 is 0 Å². The zero-order valence-corrected chi connectivity index (χ0v) is 18.0. The Bertz CT molecular complexity index is 1390. The molecule has 4 aromatic rings. The van der Waals surface area contributed by atoms with Crippen LogP contribution in [0.4, 0.5) is 5.69 Å². The lowest BCUT2D eigenvalue weighted by atomic mass is 10.0. The van der Waals surface area contributed by atoms with Crippen molar-refractivity contribution in [2.45, 2.75) is 26.5 Å². The van der Waals surface area contributed by atoms with Crippen LogP contribution in [-0.4, -0.2) is 37.4 Å². The predicted molar refractivity (Wildman–Crippen MR) is 122 cm³/mol. The summed E-state index contributed by atoms with van der Waals surface area (Å²) in [5.41, 5.74) is 1.30. The number of nitrogens with zero attached hydrogens (tertiary/aromatic N) is 2. The minimum Gasteiger partial charge on any atom is -0.507 e. The SMILES string of the molecule is CCOC(=O)c1c(C)n(CC(O)c2ccc([N+](=O)[O-])cc2)c2c1c(O)cc1cccc(O)c12. The summed E-state index contributed by atoms with van der Waals surface area (Å²) in [4.78, 5) is 23.2. The van der Waals surface area contributed by atoms with Crippen molar-refractivity contribution in [2.75, 3.05) is 6.61 Å². The second kappa shape index (κ2) is 8.44. The van der Waals surface area contributed by atoms with E-state index in [1.165, 1.54) is 36.4 Å². The van der Waals surface area contributed by atoms with Crippen LogP contribution in [0, 0.1) is 17.0 Å². The van der Waals surface area contributed by atoms with Gasteiger partial charge in [-0.3, -0.25) is 10.1 Å². The van der Waals surface area contributed by atoms with Crippen LogP contribution in [-0.2, 0) is 11.3 Å². The molecule has 3 aromatic carbocycles. The third-order valence-electron chi connectivity index (χ3n) is 5.71. The number of fused-ring (bicyclic) bond motifs is 3. The van der Waals surface area contributed by atoms with Gasteiger partial charge in [0.1, 0.15) is 11.5 Å².